The van der Waals surface area contributed by atoms with Crippen molar-refractivity contribution < 1.29 is 0 Å². The zero-order valence-electron chi connectivity index (χ0n) is 13.8. The first-order valence-corrected chi connectivity index (χ1v) is 16.1. The molecule has 0 aromatic rings. The third kappa shape index (κ3) is 5310. The molecule has 26 heavy (non-hydrogen) atoms. The predicted molar refractivity (Wildman–Crippen MR) is 166 cm³/mol. The zero-order chi connectivity index (χ0) is 14.3. The van der Waals surface area contributed by atoms with E-state index < -0.39 is 0 Å². The summed E-state index contributed by atoms with van der Waals surface area (Å²) >= 11 is 0. The van der Waals surface area contributed by atoms with Gasteiger partial charge in [0.15, 0.2) is 0 Å². The Kier molecular flexibility index (Phi) is 380. The molecule has 0 aliphatic rings. The number of rotatable bonds is 0. The van der Waals surface area contributed by atoms with Crippen LogP contribution in [0.5, 0.6) is 0 Å². The van der Waals surface area contributed by atoms with Crippen molar-refractivity contribution in [2.75, 3.05) is 80.0 Å². The quantitative estimate of drug-likeness (QED) is 0.313. The van der Waals surface area contributed by atoms with Crippen molar-refractivity contribution in [2.24, 2.45) is 0 Å². The monoisotopic (exact) mass is 464 g/mol. The van der Waals surface area contributed by atoms with Crippen LogP contribution >= 0.6 is 31.7 Å². The summed E-state index contributed by atoms with van der Waals surface area (Å²) in [5.41, 5.74) is 0. The minimum Gasteiger partial charge on any atom is -0.116 e. The van der Waals surface area contributed by atoms with Gasteiger partial charge in [-0.1, -0.05) is 74.3 Å². The molecule has 0 aliphatic carbocycles. The van der Waals surface area contributed by atoms with Gasteiger partial charge >= 0.3 is 0 Å². The molecule has 0 atom stereocenters. The number of hydrogen-bond donors (Lipinski definition) is 0. The number of hydrogen-bond acceptors (Lipinski definition) is 0. The van der Waals surface area contributed by atoms with Gasteiger partial charge in [0, 0.05) is 0 Å². The van der Waals surface area contributed by atoms with E-state index in [2.05, 4.69) is 80.0 Å². The first kappa shape index (κ1) is 105. The highest BCUT2D eigenvalue weighted by molar-refractivity contribution is 7.55. The van der Waals surface area contributed by atoms with Gasteiger partial charge < -0.3 is 0 Å². The van der Waals surface area contributed by atoms with E-state index in [9.17, 15) is 0 Å². The largest absolute Gasteiger partial charge is 0.116 e. The summed E-state index contributed by atoms with van der Waals surface area (Å²) in [4.78, 5) is 0. The summed E-state index contributed by atoms with van der Waals surface area (Å²) in [6.07, 6.45) is 0. The lowest BCUT2D eigenvalue weighted by Gasteiger charge is -1.81. The van der Waals surface area contributed by atoms with Crippen LogP contribution in [0.1, 0.15) is 74.3 Å². The Bertz CT molecular complexity index is 59.1. The summed E-state index contributed by atoms with van der Waals surface area (Å²) < 4.78 is 0. The molecule has 4 heteroatoms. The van der Waals surface area contributed by atoms with Crippen molar-refractivity contribution in [1.82, 2.24) is 0 Å². The lowest BCUT2D eigenvalue weighted by atomic mass is 11.9. The molecule has 0 heterocycles. The Labute approximate surface area is 185 Å². The van der Waals surface area contributed by atoms with Crippen molar-refractivity contribution in [2.45, 2.75) is 74.3 Å². The predicted octanol–water partition coefficient (Wildman–Crippen LogP) is 11.8. The Morgan fingerprint density at radius 1 is 0.192 bits per heavy atom. The molecule has 0 saturated heterocycles. The van der Waals surface area contributed by atoms with Gasteiger partial charge in [0.05, 0.1) is 0 Å². The SMILES string of the molecule is C.C.C.C.C.C.C.C.C.C.CP(C)C.CP(C)C.CP(C)C.CP(C)C. The molecule has 0 aliphatic heterocycles. The van der Waals surface area contributed by atoms with E-state index in [0.29, 0.717) is 31.7 Å². The van der Waals surface area contributed by atoms with Crippen LogP contribution in [0.4, 0.5) is 0 Å². The maximum atomic E-state index is 2.23. The van der Waals surface area contributed by atoms with Crippen LogP contribution in [0.25, 0.3) is 0 Å². The maximum Gasteiger partial charge on any atom is -0.0449 e. The van der Waals surface area contributed by atoms with E-state index in [0.717, 1.165) is 0 Å². The van der Waals surface area contributed by atoms with Crippen molar-refractivity contribution in [3.05, 3.63) is 0 Å². The molecule has 0 bridgehead atoms. The summed E-state index contributed by atoms with van der Waals surface area (Å²) in [5.74, 6) is 0. The molecule has 0 N–H and O–H groups in total. The summed E-state index contributed by atoms with van der Waals surface area (Å²) in [5, 5.41) is 0. The fraction of sp³-hybridized carbons (Fsp3) is 1.00. The molecular weight excluding hydrogens is 388 g/mol. The van der Waals surface area contributed by atoms with E-state index in [4.69, 9.17) is 0 Å². The second-order valence-electron chi connectivity index (χ2n) is 5.37. The lowest BCUT2D eigenvalue weighted by Crippen LogP contribution is -1.48. The second-order valence-corrected chi connectivity index (χ2v) is 16.1. The van der Waals surface area contributed by atoms with Gasteiger partial charge in [-0.25, -0.2) is 0 Å². The van der Waals surface area contributed by atoms with Gasteiger partial charge in [0.25, 0.3) is 0 Å². The van der Waals surface area contributed by atoms with Crippen LogP contribution < -0.4 is 0 Å². The summed E-state index contributed by atoms with van der Waals surface area (Å²) in [6.45, 7) is 26.8. The molecule has 0 amide bonds. The van der Waals surface area contributed by atoms with E-state index in [1.54, 1.807) is 0 Å². The van der Waals surface area contributed by atoms with E-state index in [1.807, 2.05) is 0 Å². The van der Waals surface area contributed by atoms with Gasteiger partial charge in [0.1, 0.15) is 0 Å². The molecule has 0 fully saturated rings. The molecule has 0 spiro atoms. The van der Waals surface area contributed by atoms with Crippen LogP contribution in [0.15, 0.2) is 0 Å². The molecule has 0 aromatic carbocycles. The first-order chi connectivity index (χ1) is 6.93. The molecule has 0 rings (SSSR count). The highest BCUT2D eigenvalue weighted by atomic mass is 31.1. The average Bonchev–Trinajstić information content (AvgIpc) is 1.76. The Morgan fingerprint density at radius 3 is 0.192 bits per heavy atom. The van der Waals surface area contributed by atoms with Crippen LogP contribution in [0, 0.1) is 0 Å². The summed E-state index contributed by atoms with van der Waals surface area (Å²) in [6, 6.07) is 0. The van der Waals surface area contributed by atoms with Gasteiger partial charge in [-0.2, -0.15) is 0 Å². The van der Waals surface area contributed by atoms with Gasteiger partial charge in [0.2, 0.25) is 0 Å². The molecule has 0 nitrogen and oxygen atoms in total. The lowest BCUT2D eigenvalue weighted by molar-refractivity contribution is 2.13. The smallest absolute Gasteiger partial charge is 0.0449 e. The Morgan fingerprint density at radius 2 is 0.192 bits per heavy atom. The van der Waals surface area contributed by atoms with E-state index >= 15 is 0 Å². The second kappa shape index (κ2) is 93.9. The Hall–Kier alpha value is 1.72. The maximum absolute atomic E-state index is 2.23. The molecule has 0 radical (unpaired) electrons. The fourth-order valence-corrected chi connectivity index (χ4v) is 0. The van der Waals surface area contributed by atoms with Crippen molar-refractivity contribution in [3.8, 4) is 0 Å². The third-order valence-electron chi connectivity index (χ3n) is 0. The van der Waals surface area contributed by atoms with Crippen LogP contribution in [0.3, 0.4) is 0 Å². The van der Waals surface area contributed by atoms with Crippen LogP contribution in [-0.4, -0.2) is 80.0 Å². The first-order valence-electron chi connectivity index (χ1n) is 5.37. The minimum absolute atomic E-state index is 0. The normalized spacial score (nSPS) is 5.54. The van der Waals surface area contributed by atoms with Gasteiger partial charge in [-0.05, 0) is 80.0 Å². The van der Waals surface area contributed by atoms with Crippen molar-refractivity contribution >= 4 is 31.7 Å². The van der Waals surface area contributed by atoms with Crippen LogP contribution in [-0.2, 0) is 0 Å². The zero-order valence-corrected chi connectivity index (χ0v) is 17.4. The summed E-state index contributed by atoms with van der Waals surface area (Å²) in [7, 11) is 1.52. The standard InChI is InChI=1S/4C3H9P.10CH4/c4*1-4(2)3;;;;;;;;;;/h4*1-3H3;10*1H4. The minimum atomic E-state index is 0. The van der Waals surface area contributed by atoms with Gasteiger partial charge in [-0.3, -0.25) is 0 Å². The van der Waals surface area contributed by atoms with Gasteiger partial charge in [-0.15, -0.1) is 31.7 Å². The van der Waals surface area contributed by atoms with Crippen molar-refractivity contribution in [1.29, 1.82) is 0 Å². The molecule has 184 valence electrons. The molecule has 0 saturated carbocycles. The van der Waals surface area contributed by atoms with Crippen molar-refractivity contribution in [3.63, 3.8) is 0 Å². The van der Waals surface area contributed by atoms with E-state index in [-0.39, 0.29) is 74.3 Å². The highest BCUT2D eigenvalue weighted by Gasteiger charge is 1.66. The average molecular weight is 465 g/mol. The van der Waals surface area contributed by atoms with E-state index in [1.165, 1.54) is 0 Å². The highest BCUT2D eigenvalue weighted by Crippen LogP contribution is 2.15. The third-order valence-corrected chi connectivity index (χ3v) is 0. The molecule has 0 aromatic heterocycles. The fourth-order valence-electron chi connectivity index (χ4n) is 0. The van der Waals surface area contributed by atoms with Crippen LogP contribution in [0.2, 0.25) is 0 Å². The molecular formula is C22H76P4. The Balaban J connectivity index is -0.00000000545. The molecule has 0 unspecified atom stereocenters. The topological polar surface area (TPSA) is 0 Å².